The van der Waals surface area contributed by atoms with Crippen LogP contribution in [0, 0.1) is 13.8 Å². The van der Waals surface area contributed by atoms with Crippen LogP contribution in [-0.2, 0) is 11.3 Å². The van der Waals surface area contributed by atoms with Crippen LogP contribution in [0.3, 0.4) is 0 Å². The van der Waals surface area contributed by atoms with E-state index in [1.807, 2.05) is 6.07 Å². The molecule has 2 aromatic rings. The molecule has 156 valence electrons. The van der Waals surface area contributed by atoms with E-state index in [0.29, 0.717) is 23.0 Å². The number of pyridine rings is 1. The normalized spacial score (nSPS) is 12.4. The Morgan fingerprint density at radius 3 is 2.41 bits per heavy atom. The number of carbonyl (C=O) groups excluding carboxylic acids is 2. The monoisotopic (exact) mass is 426 g/mol. The van der Waals surface area contributed by atoms with Crippen molar-refractivity contribution in [2.45, 2.75) is 38.2 Å². The molecule has 0 saturated heterocycles. The molecule has 2 N–H and O–H groups in total. The molecule has 1 aromatic carbocycles. The summed E-state index contributed by atoms with van der Waals surface area (Å²) in [4.78, 5) is 38.7. The summed E-state index contributed by atoms with van der Waals surface area (Å²) in [5.74, 6) is -1.92. The van der Waals surface area contributed by atoms with Crippen molar-refractivity contribution in [3.8, 4) is 0 Å². The number of aromatic amines is 1. The summed E-state index contributed by atoms with van der Waals surface area (Å²) < 4.78 is 40.1. The van der Waals surface area contributed by atoms with Gasteiger partial charge in [-0.1, -0.05) is 30.3 Å². The van der Waals surface area contributed by atoms with E-state index < -0.39 is 40.8 Å². The van der Waals surface area contributed by atoms with Gasteiger partial charge in [-0.15, -0.1) is 11.8 Å². The number of hydrogen-bond acceptors (Lipinski definition) is 4. The Bertz CT molecular complexity index is 927. The summed E-state index contributed by atoms with van der Waals surface area (Å²) >= 11 is 0.339. The largest absolute Gasteiger partial charge is 0.401 e. The van der Waals surface area contributed by atoms with Crippen LogP contribution in [0.15, 0.2) is 41.2 Å². The molecule has 5 nitrogen and oxygen atoms in total. The van der Waals surface area contributed by atoms with Crippen LogP contribution < -0.4 is 10.9 Å². The molecule has 2 rings (SSSR count). The van der Waals surface area contributed by atoms with Crippen molar-refractivity contribution in [2.24, 2.45) is 0 Å². The topological polar surface area (TPSA) is 79.0 Å². The van der Waals surface area contributed by atoms with Gasteiger partial charge in [-0.2, -0.15) is 13.2 Å². The van der Waals surface area contributed by atoms with Gasteiger partial charge in [0.25, 0.3) is 5.56 Å². The molecule has 1 amide bonds. The fraction of sp³-hybridized carbons (Fsp3) is 0.350. The zero-order valence-electron chi connectivity index (χ0n) is 15.9. The van der Waals surface area contributed by atoms with Gasteiger partial charge in [0.1, 0.15) is 5.25 Å². The van der Waals surface area contributed by atoms with Gasteiger partial charge in [0.15, 0.2) is 5.78 Å². The lowest BCUT2D eigenvalue weighted by molar-refractivity contribution is -0.128. The zero-order chi connectivity index (χ0) is 21.6. The van der Waals surface area contributed by atoms with Gasteiger partial charge < -0.3 is 10.3 Å². The first-order valence-corrected chi connectivity index (χ1v) is 9.85. The summed E-state index contributed by atoms with van der Waals surface area (Å²) in [7, 11) is 0. The Balaban J connectivity index is 2.00. The number of alkyl halides is 3. The number of amides is 1. The minimum absolute atomic E-state index is 0.202. The Morgan fingerprint density at radius 1 is 1.17 bits per heavy atom. The average Bonchev–Trinajstić information content (AvgIpc) is 2.62. The number of aryl methyl sites for hydroxylation is 2. The fourth-order valence-corrected chi connectivity index (χ4v) is 3.68. The molecule has 29 heavy (non-hydrogen) atoms. The molecule has 0 radical (unpaired) electrons. The molecule has 1 unspecified atom stereocenters. The van der Waals surface area contributed by atoms with Crippen molar-refractivity contribution in [3.05, 3.63) is 69.1 Å². The number of Topliss-reactive ketones (excluding diaryl/α,β-unsaturated/α-hetero) is 1. The van der Waals surface area contributed by atoms with Crippen molar-refractivity contribution in [3.63, 3.8) is 0 Å². The summed E-state index contributed by atoms with van der Waals surface area (Å²) in [5, 5.41) is 0.463. The number of carbonyl (C=O) groups is 2. The lowest BCUT2D eigenvalue weighted by atomic mass is 10.0. The van der Waals surface area contributed by atoms with Crippen LogP contribution in [0.4, 0.5) is 13.2 Å². The number of H-pyrrole nitrogens is 1. The van der Waals surface area contributed by atoms with Gasteiger partial charge in [-0.05, 0) is 31.0 Å². The molecule has 0 aliphatic rings. The maximum atomic E-state index is 13.4. The van der Waals surface area contributed by atoms with Crippen LogP contribution in [0.25, 0.3) is 0 Å². The predicted molar refractivity (Wildman–Crippen MR) is 106 cm³/mol. The SMILES string of the molecule is Cc1cc(C)c(C(=O)CC(SCC(=O)NCc2ccccc2)C(F)(F)F)c(=O)[nH]1. The number of ketones is 1. The molecule has 0 spiro atoms. The van der Waals surface area contributed by atoms with E-state index >= 15 is 0 Å². The van der Waals surface area contributed by atoms with Crippen molar-refractivity contribution >= 4 is 23.5 Å². The minimum Gasteiger partial charge on any atom is -0.351 e. The molecule has 0 bridgehead atoms. The highest BCUT2D eigenvalue weighted by molar-refractivity contribution is 8.00. The van der Waals surface area contributed by atoms with Gasteiger partial charge in [0.05, 0.1) is 11.3 Å². The van der Waals surface area contributed by atoms with Gasteiger partial charge in [-0.25, -0.2) is 0 Å². The van der Waals surface area contributed by atoms with E-state index in [1.54, 1.807) is 31.2 Å². The third kappa shape index (κ3) is 6.77. The van der Waals surface area contributed by atoms with Crippen molar-refractivity contribution in [1.82, 2.24) is 10.3 Å². The first-order valence-electron chi connectivity index (χ1n) is 8.80. The van der Waals surface area contributed by atoms with Crippen LogP contribution in [0.2, 0.25) is 0 Å². The number of benzene rings is 1. The molecule has 1 heterocycles. The van der Waals surface area contributed by atoms with Crippen LogP contribution in [0.5, 0.6) is 0 Å². The smallest absolute Gasteiger partial charge is 0.351 e. The number of aromatic nitrogens is 1. The van der Waals surface area contributed by atoms with Crippen LogP contribution in [0.1, 0.15) is 33.6 Å². The molecule has 1 atom stereocenters. The second-order valence-corrected chi connectivity index (χ2v) is 7.76. The number of nitrogens with one attached hydrogen (secondary N) is 2. The Kier molecular flexibility index (Phi) is 7.66. The number of rotatable bonds is 8. The molecule has 0 saturated carbocycles. The fourth-order valence-electron chi connectivity index (χ4n) is 2.76. The highest BCUT2D eigenvalue weighted by atomic mass is 32.2. The van der Waals surface area contributed by atoms with Crippen molar-refractivity contribution < 1.29 is 22.8 Å². The number of hydrogen-bond donors (Lipinski definition) is 2. The van der Waals surface area contributed by atoms with E-state index in [0.717, 1.165) is 5.56 Å². The zero-order valence-corrected chi connectivity index (χ0v) is 16.7. The van der Waals surface area contributed by atoms with Crippen molar-refractivity contribution in [1.29, 1.82) is 0 Å². The maximum Gasteiger partial charge on any atom is 0.401 e. The molecule has 0 fully saturated rings. The average molecular weight is 426 g/mol. The van der Waals surface area contributed by atoms with E-state index in [4.69, 9.17) is 0 Å². The van der Waals surface area contributed by atoms with E-state index in [1.165, 1.54) is 13.0 Å². The second kappa shape index (κ2) is 9.78. The van der Waals surface area contributed by atoms with Crippen LogP contribution >= 0.6 is 11.8 Å². The molecular weight excluding hydrogens is 405 g/mol. The van der Waals surface area contributed by atoms with Gasteiger partial charge in [0, 0.05) is 18.7 Å². The minimum atomic E-state index is -4.69. The third-order valence-electron chi connectivity index (χ3n) is 4.13. The van der Waals surface area contributed by atoms with E-state index in [2.05, 4.69) is 10.3 Å². The van der Waals surface area contributed by atoms with Gasteiger partial charge in [-0.3, -0.25) is 14.4 Å². The Labute approximate surface area is 170 Å². The second-order valence-electron chi connectivity index (χ2n) is 6.57. The highest BCUT2D eigenvalue weighted by Crippen LogP contribution is 2.33. The lowest BCUT2D eigenvalue weighted by Gasteiger charge is -2.19. The van der Waals surface area contributed by atoms with Gasteiger partial charge in [0.2, 0.25) is 5.91 Å². The highest BCUT2D eigenvalue weighted by Gasteiger charge is 2.42. The van der Waals surface area contributed by atoms with E-state index in [9.17, 15) is 27.6 Å². The first-order chi connectivity index (χ1) is 13.6. The lowest BCUT2D eigenvalue weighted by Crippen LogP contribution is -2.33. The summed E-state index contributed by atoms with van der Waals surface area (Å²) in [6, 6.07) is 10.5. The Hall–Kier alpha value is -2.55. The number of thioether (sulfide) groups is 1. The van der Waals surface area contributed by atoms with Crippen LogP contribution in [-0.4, -0.2) is 33.9 Å². The molecule has 0 aliphatic carbocycles. The van der Waals surface area contributed by atoms with Gasteiger partial charge >= 0.3 is 6.18 Å². The van der Waals surface area contributed by atoms with E-state index in [-0.39, 0.29) is 12.1 Å². The molecular formula is C20H21F3N2O3S. The molecule has 1 aromatic heterocycles. The third-order valence-corrected chi connectivity index (χ3v) is 5.39. The summed E-state index contributed by atoms with van der Waals surface area (Å²) in [6.45, 7) is 3.32. The maximum absolute atomic E-state index is 13.4. The predicted octanol–water partition coefficient (Wildman–Crippen LogP) is 3.55. The Morgan fingerprint density at radius 2 is 1.83 bits per heavy atom. The summed E-state index contributed by atoms with van der Waals surface area (Å²) in [6.07, 6.45) is -5.60. The van der Waals surface area contributed by atoms with Crippen molar-refractivity contribution in [2.75, 3.05) is 5.75 Å². The standard InChI is InChI=1S/C20H21F3N2O3S/c1-12-8-13(2)25-19(28)18(12)15(26)9-16(20(21,22)23)29-11-17(27)24-10-14-6-4-3-5-7-14/h3-8,16H,9-11H2,1-2H3,(H,24,27)(H,25,28). The first kappa shape index (κ1) is 22.7. The number of halogens is 3. The molecule has 9 heteroatoms. The molecule has 0 aliphatic heterocycles. The summed E-state index contributed by atoms with van der Waals surface area (Å²) in [5.41, 5.74) is 0.671. The quantitative estimate of drug-likeness (QED) is 0.633.